The van der Waals surface area contributed by atoms with Gasteiger partial charge in [-0.05, 0) is 44.1 Å². The molecule has 2 aromatic rings. The number of para-hydroxylation sites is 1. The van der Waals surface area contributed by atoms with E-state index in [9.17, 15) is 5.11 Å². The van der Waals surface area contributed by atoms with Crippen molar-refractivity contribution in [2.75, 3.05) is 32.8 Å². The highest BCUT2D eigenvalue weighted by molar-refractivity contribution is 5.20. The lowest BCUT2D eigenvalue weighted by Crippen LogP contribution is -2.40. The molecule has 1 atom stereocenters. The average Bonchev–Trinajstić information content (AvgIpc) is 3.10. The van der Waals surface area contributed by atoms with Crippen LogP contribution in [0, 0.1) is 0 Å². The predicted molar refractivity (Wildman–Crippen MR) is 95.7 cm³/mol. The van der Waals surface area contributed by atoms with Crippen molar-refractivity contribution in [2.24, 2.45) is 0 Å². The molecular formula is C19H27N3O3. The minimum atomic E-state index is -0.489. The third-order valence-corrected chi connectivity index (χ3v) is 4.72. The van der Waals surface area contributed by atoms with E-state index < -0.39 is 6.10 Å². The Morgan fingerprint density at radius 3 is 2.64 bits per heavy atom. The largest absolute Gasteiger partial charge is 0.491 e. The topological polar surface area (TPSA) is 70.8 Å². The number of hydrogen-bond acceptors (Lipinski definition) is 5. The number of nitrogens with zero attached hydrogens (tertiary/aromatic N) is 3. The van der Waals surface area contributed by atoms with Gasteiger partial charge in [0.2, 0.25) is 0 Å². The Labute approximate surface area is 148 Å². The molecule has 3 rings (SSSR count). The maximum absolute atomic E-state index is 10.2. The molecule has 2 heterocycles. The van der Waals surface area contributed by atoms with Crippen LogP contribution in [-0.2, 0) is 6.54 Å². The molecule has 0 spiro atoms. The molecule has 1 aromatic carbocycles. The van der Waals surface area contributed by atoms with E-state index >= 15 is 0 Å². The van der Waals surface area contributed by atoms with E-state index in [0.717, 1.165) is 31.7 Å². The first kappa shape index (κ1) is 17.9. The highest BCUT2D eigenvalue weighted by atomic mass is 16.5. The number of ether oxygens (including phenoxy) is 1. The first-order chi connectivity index (χ1) is 12.3. The lowest BCUT2D eigenvalue weighted by Gasteiger charge is -2.33. The van der Waals surface area contributed by atoms with Crippen LogP contribution >= 0.6 is 0 Å². The highest BCUT2D eigenvalue weighted by Gasteiger charge is 2.24. The number of β-amino-alcohol motifs (C(OH)–C–C–N with tert-alkyl or cyclic N) is 1. The van der Waals surface area contributed by atoms with E-state index in [4.69, 9.17) is 9.84 Å². The summed E-state index contributed by atoms with van der Waals surface area (Å²) < 4.78 is 7.53. The molecule has 1 saturated heterocycles. The highest BCUT2D eigenvalue weighted by Crippen LogP contribution is 2.27. The van der Waals surface area contributed by atoms with Gasteiger partial charge in [-0.25, -0.2) is 0 Å². The van der Waals surface area contributed by atoms with Crippen molar-refractivity contribution in [3.8, 4) is 5.75 Å². The third kappa shape index (κ3) is 5.04. The fraction of sp³-hybridized carbons (Fsp3) is 0.526. The van der Waals surface area contributed by atoms with Gasteiger partial charge >= 0.3 is 0 Å². The van der Waals surface area contributed by atoms with Crippen molar-refractivity contribution in [1.82, 2.24) is 14.7 Å². The molecule has 0 bridgehead atoms. The van der Waals surface area contributed by atoms with E-state index in [1.54, 1.807) is 0 Å². The summed E-state index contributed by atoms with van der Waals surface area (Å²) in [5.74, 6) is 1.26. The summed E-state index contributed by atoms with van der Waals surface area (Å²) in [6, 6.07) is 11.6. The van der Waals surface area contributed by atoms with Crippen LogP contribution in [0.4, 0.5) is 0 Å². The van der Waals surface area contributed by atoms with Gasteiger partial charge in [0.05, 0.1) is 13.2 Å². The maximum Gasteiger partial charge on any atom is 0.119 e. The summed E-state index contributed by atoms with van der Waals surface area (Å²) in [4.78, 5) is 2.29. The number of likely N-dealkylation sites (tertiary alicyclic amines) is 1. The Kier molecular flexibility index (Phi) is 6.44. The van der Waals surface area contributed by atoms with Crippen LogP contribution in [-0.4, -0.2) is 63.8 Å². The van der Waals surface area contributed by atoms with Crippen molar-refractivity contribution in [3.63, 3.8) is 0 Å². The number of hydrogen-bond donors (Lipinski definition) is 2. The van der Waals surface area contributed by atoms with Crippen LogP contribution < -0.4 is 4.74 Å². The molecule has 1 aromatic heterocycles. The third-order valence-electron chi connectivity index (χ3n) is 4.72. The van der Waals surface area contributed by atoms with Crippen LogP contribution in [0.25, 0.3) is 0 Å². The summed E-state index contributed by atoms with van der Waals surface area (Å²) in [6.07, 6.45) is 3.41. The van der Waals surface area contributed by atoms with Gasteiger partial charge in [-0.15, -0.1) is 0 Å². The lowest BCUT2D eigenvalue weighted by atomic mass is 9.93. The van der Waals surface area contributed by atoms with Gasteiger partial charge in [-0.2, -0.15) is 5.10 Å². The number of piperidine rings is 1. The van der Waals surface area contributed by atoms with Gasteiger partial charge in [-0.1, -0.05) is 18.2 Å². The van der Waals surface area contributed by atoms with E-state index in [1.807, 2.05) is 41.2 Å². The fourth-order valence-corrected chi connectivity index (χ4v) is 3.44. The molecule has 0 aliphatic carbocycles. The zero-order chi connectivity index (χ0) is 17.5. The molecule has 1 aliphatic rings. The minimum Gasteiger partial charge on any atom is -0.491 e. The van der Waals surface area contributed by atoms with Crippen LogP contribution in [0.3, 0.4) is 0 Å². The van der Waals surface area contributed by atoms with Crippen molar-refractivity contribution in [1.29, 1.82) is 0 Å². The van der Waals surface area contributed by atoms with E-state index in [2.05, 4.69) is 16.1 Å². The Bertz CT molecular complexity index is 624. The van der Waals surface area contributed by atoms with Gasteiger partial charge in [-0.3, -0.25) is 4.68 Å². The molecule has 1 fully saturated rings. The van der Waals surface area contributed by atoms with Gasteiger partial charge in [0.25, 0.3) is 0 Å². The van der Waals surface area contributed by atoms with Crippen molar-refractivity contribution in [2.45, 2.75) is 31.4 Å². The summed E-state index contributed by atoms with van der Waals surface area (Å²) in [5, 5.41) is 23.6. The Morgan fingerprint density at radius 2 is 1.92 bits per heavy atom. The lowest BCUT2D eigenvalue weighted by molar-refractivity contribution is 0.0590. The minimum absolute atomic E-state index is 0.112. The molecule has 2 N–H and O–H groups in total. The number of aromatic nitrogens is 2. The van der Waals surface area contributed by atoms with Crippen LogP contribution in [0.5, 0.6) is 5.75 Å². The Balaban J connectivity index is 1.42. The van der Waals surface area contributed by atoms with E-state index in [-0.39, 0.29) is 6.61 Å². The Hall–Kier alpha value is -1.89. The molecule has 0 amide bonds. The first-order valence-corrected chi connectivity index (χ1v) is 8.97. The monoisotopic (exact) mass is 345 g/mol. The Morgan fingerprint density at radius 1 is 1.16 bits per heavy atom. The van der Waals surface area contributed by atoms with Gasteiger partial charge in [0.15, 0.2) is 0 Å². The molecule has 0 radical (unpaired) electrons. The summed E-state index contributed by atoms with van der Waals surface area (Å²) >= 11 is 0. The summed E-state index contributed by atoms with van der Waals surface area (Å²) in [7, 11) is 0. The molecule has 6 heteroatoms. The van der Waals surface area contributed by atoms with Crippen LogP contribution in [0.2, 0.25) is 0 Å². The molecule has 1 aliphatic heterocycles. The summed E-state index contributed by atoms with van der Waals surface area (Å²) in [6.45, 7) is 3.52. The van der Waals surface area contributed by atoms with Gasteiger partial charge < -0.3 is 19.8 Å². The average molecular weight is 345 g/mol. The number of aliphatic hydroxyl groups excluding tert-OH is 2. The quantitative estimate of drug-likeness (QED) is 0.759. The molecule has 0 unspecified atom stereocenters. The number of aliphatic hydroxyl groups is 2. The second-order valence-corrected chi connectivity index (χ2v) is 6.56. The predicted octanol–water partition coefficient (Wildman–Crippen LogP) is 1.49. The number of rotatable bonds is 8. The molecule has 25 heavy (non-hydrogen) atoms. The maximum atomic E-state index is 10.2. The fourth-order valence-electron chi connectivity index (χ4n) is 3.44. The van der Waals surface area contributed by atoms with E-state index in [1.165, 1.54) is 5.69 Å². The number of benzene rings is 1. The van der Waals surface area contributed by atoms with E-state index in [0.29, 0.717) is 25.6 Å². The molecule has 136 valence electrons. The molecule has 6 nitrogen and oxygen atoms in total. The zero-order valence-electron chi connectivity index (χ0n) is 14.5. The van der Waals surface area contributed by atoms with Gasteiger partial charge in [0.1, 0.15) is 18.5 Å². The smallest absolute Gasteiger partial charge is 0.119 e. The normalized spacial score (nSPS) is 17.5. The zero-order valence-corrected chi connectivity index (χ0v) is 14.5. The second-order valence-electron chi connectivity index (χ2n) is 6.56. The van der Waals surface area contributed by atoms with Crippen molar-refractivity contribution >= 4 is 0 Å². The van der Waals surface area contributed by atoms with Crippen molar-refractivity contribution in [3.05, 3.63) is 48.3 Å². The van der Waals surface area contributed by atoms with Crippen molar-refractivity contribution < 1.29 is 14.9 Å². The molecular weight excluding hydrogens is 318 g/mol. The van der Waals surface area contributed by atoms with Crippen LogP contribution in [0.1, 0.15) is 24.5 Å². The molecule has 0 saturated carbocycles. The standard InChI is InChI=1S/C19H27N3O3/c23-13-12-22-19(6-9-20-22)16-7-10-21(11-8-16)14-17(24)15-25-18-4-2-1-3-5-18/h1-6,9,16-17,23-24H,7-8,10-15H2/t17-/m1/s1. The summed E-state index contributed by atoms with van der Waals surface area (Å²) in [5.41, 5.74) is 1.21. The second kappa shape index (κ2) is 8.99. The first-order valence-electron chi connectivity index (χ1n) is 8.97. The van der Waals surface area contributed by atoms with Gasteiger partial charge in [0, 0.05) is 24.4 Å². The SMILES string of the molecule is OCCn1nccc1C1CCN(C[C@@H](O)COc2ccccc2)CC1. The van der Waals surface area contributed by atoms with Crippen LogP contribution in [0.15, 0.2) is 42.6 Å².